The maximum Gasteiger partial charge on any atom is 0.254 e. The zero-order valence-electron chi connectivity index (χ0n) is 12.6. The summed E-state index contributed by atoms with van der Waals surface area (Å²) in [5.41, 5.74) is 2.70. The lowest BCUT2D eigenvalue weighted by atomic mass is 9.94. The maximum absolute atomic E-state index is 13.0. The molecule has 1 aliphatic rings. The van der Waals surface area contributed by atoms with Gasteiger partial charge in [0, 0.05) is 31.9 Å². The van der Waals surface area contributed by atoms with E-state index in [0.29, 0.717) is 6.42 Å². The average Bonchev–Trinajstić information content (AvgIpc) is 2.54. The van der Waals surface area contributed by atoms with E-state index in [9.17, 15) is 9.18 Å². The fraction of sp³-hybridized carbons (Fsp3) is 0.533. The van der Waals surface area contributed by atoms with Gasteiger partial charge in [0.15, 0.2) is 0 Å². The van der Waals surface area contributed by atoms with Crippen LogP contribution in [-0.2, 0) is 4.79 Å². The fourth-order valence-corrected chi connectivity index (χ4v) is 2.79. The molecule has 1 aromatic carbocycles. The van der Waals surface area contributed by atoms with Gasteiger partial charge in [0.25, 0.3) is 5.91 Å². The van der Waals surface area contributed by atoms with Crippen molar-refractivity contribution >= 4 is 11.6 Å². The lowest BCUT2D eigenvalue weighted by Gasteiger charge is -2.44. The zero-order valence-corrected chi connectivity index (χ0v) is 12.6. The highest BCUT2D eigenvalue weighted by atomic mass is 19.1. The van der Waals surface area contributed by atoms with Gasteiger partial charge >= 0.3 is 0 Å². The number of amides is 1. The van der Waals surface area contributed by atoms with Crippen LogP contribution in [0.5, 0.6) is 0 Å². The van der Waals surface area contributed by atoms with Gasteiger partial charge in [-0.05, 0) is 37.6 Å². The van der Waals surface area contributed by atoms with E-state index < -0.39 is 5.54 Å². The van der Waals surface area contributed by atoms with Gasteiger partial charge in [-0.2, -0.15) is 0 Å². The van der Waals surface area contributed by atoms with Crippen molar-refractivity contribution in [1.29, 1.82) is 0 Å². The van der Waals surface area contributed by atoms with Crippen LogP contribution in [0.15, 0.2) is 24.3 Å². The summed E-state index contributed by atoms with van der Waals surface area (Å²) >= 11 is 0. The van der Waals surface area contributed by atoms with Gasteiger partial charge in [-0.3, -0.25) is 15.1 Å². The quantitative estimate of drug-likeness (QED) is 0.496. The lowest BCUT2D eigenvalue weighted by molar-refractivity contribution is -0.133. The molecule has 0 bridgehead atoms. The number of hydrogen-bond donors (Lipinski definition) is 2. The Morgan fingerprint density at radius 1 is 1.29 bits per heavy atom. The third-order valence-corrected chi connectivity index (χ3v) is 4.48. The highest BCUT2D eigenvalue weighted by molar-refractivity contribution is 5.85. The lowest BCUT2D eigenvalue weighted by Crippen LogP contribution is -2.62. The number of halogens is 1. The first-order chi connectivity index (χ1) is 10.0. The molecule has 6 heteroatoms. The van der Waals surface area contributed by atoms with Crippen LogP contribution in [0.1, 0.15) is 20.3 Å². The molecule has 0 radical (unpaired) electrons. The Kier molecular flexibility index (Phi) is 4.80. The van der Waals surface area contributed by atoms with Gasteiger partial charge in [0.1, 0.15) is 5.82 Å². The maximum atomic E-state index is 13.0. The number of hydrazine groups is 1. The van der Waals surface area contributed by atoms with Gasteiger partial charge in [-0.1, -0.05) is 6.92 Å². The molecular formula is C15H23FN4O. The van der Waals surface area contributed by atoms with E-state index in [4.69, 9.17) is 5.84 Å². The second-order valence-electron chi connectivity index (χ2n) is 5.55. The second-order valence-corrected chi connectivity index (χ2v) is 5.55. The summed E-state index contributed by atoms with van der Waals surface area (Å²) in [4.78, 5) is 16.4. The molecule has 21 heavy (non-hydrogen) atoms. The average molecular weight is 294 g/mol. The van der Waals surface area contributed by atoms with Crippen LogP contribution in [0.25, 0.3) is 0 Å². The molecule has 1 saturated heterocycles. The summed E-state index contributed by atoms with van der Waals surface area (Å²) in [5, 5.41) is 0. The Hall–Kier alpha value is -1.66. The Labute approximate surface area is 124 Å². The third-order valence-electron chi connectivity index (χ3n) is 4.48. The number of nitrogens with two attached hydrogens (primary N) is 1. The number of piperazine rings is 1. The molecule has 0 saturated carbocycles. The van der Waals surface area contributed by atoms with Gasteiger partial charge in [0.05, 0.1) is 5.54 Å². The van der Waals surface area contributed by atoms with Crippen LogP contribution in [0.4, 0.5) is 10.1 Å². The molecule has 2 rings (SSSR count). The van der Waals surface area contributed by atoms with Gasteiger partial charge in [-0.15, -0.1) is 0 Å². The molecule has 1 aliphatic heterocycles. The number of rotatable bonds is 4. The molecule has 1 amide bonds. The first-order valence-electron chi connectivity index (χ1n) is 7.28. The van der Waals surface area contributed by atoms with Crippen LogP contribution in [-0.4, -0.2) is 42.5 Å². The number of nitrogens with zero attached hydrogens (tertiary/aromatic N) is 2. The largest absolute Gasteiger partial charge is 0.369 e. The number of anilines is 1. The van der Waals surface area contributed by atoms with E-state index >= 15 is 0 Å². The van der Waals surface area contributed by atoms with Crippen LogP contribution in [0.3, 0.4) is 0 Å². The summed E-state index contributed by atoms with van der Waals surface area (Å²) in [5.74, 6) is 4.92. The fourth-order valence-electron chi connectivity index (χ4n) is 2.79. The highest BCUT2D eigenvalue weighted by Crippen LogP contribution is 2.24. The molecule has 3 N–H and O–H groups in total. The molecule has 5 nitrogen and oxygen atoms in total. The Morgan fingerprint density at radius 2 is 1.86 bits per heavy atom. The number of carbonyl (C=O) groups excluding carboxylic acids is 1. The Balaban J connectivity index is 2.02. The third kappa shape index (κ3) is 3.16. The summed E-state index contributed by atoms with van der Waals surface area (Å²) in [6, 6.07) is 6.52. The van der Waals surface area contributed by atoms with E-state index in [1.54, 1.807) is 12.1 Å². The molecule has 1 atom stereocenters. The summed E-state index contributed by atoms with van der Waals surface area (Å²) < 4.78 is 13.0. The standard InChI is InChI=1S/C15H23FN4O/c1-3-15(2,14(21)18-17)20-10-8-19(9-11-20)13-6-4-12(16)5-7-13/h4-7H,3,8-11,17H2,1-2H3,(H,18,21)/t15-/m1/s1. The summed E-state index contributed by atoms with van der Waals surface area (Å²) in [6.45, 7) is 7.06. The molecule has 1 fully saturated rings. The van der Waals surface area contributed by atoms with E-state index in [1.165, 1.54) is 12.1 Å². The number of nitrogens with one attached hydrogen (secondary N) is 1. The number of benzene rings is 1. The molecule has 1 heterocycles. The molecule has 0 aromatic heterocycles. The van der Waals surface area contributed by atoms with Crippen molar-refractivity contribution in [2.24, 2.45) is 5.84 Å². The number of hydrogen-bond acceptors (Lipinski definition) is 4. The second kappa shape index (κ2) is 6.41. The van der Waals surface area contributed by atoms with Gasteiger partial charge in [0.2, 0.25) is 0 Å². The van der Waals surface area contributed by atoms with Crippen molar-refractivity contribution in [2.75, 3.05) is 31.1 Å². The first-order valence-corrected chi connectivity index (χ1v) is 7.28. The van der Waals surface area contributed by atoms with E-state index in [-0.39, 0.29) is 11.7 Å². The van der Waals surface area contributed by atoms with Crippen LogP contribution in [0, 0.1) is 5.82 Å². The molecule has 1 aromatic rings. The van der Waals surface area contributed by atoms with Gasteiger partial charge < -0.3 is 4.90 Å². The van der Waals surface area contributed by atoms with Crippen LogP contribution >= 0.6 is 0 Å². The van der Waals surface area contributed by atoms with Crippen LogP contribution < -0.4 is 16.2 Å². The van der Waals surface area contributed by atoms with Crippen molar-refractivity contribution in [1.82, 2.24) is 10.3 Å². The van der Waals surface area contributed by atoms with Gasteiger partial charge in [-0.25, -0.2) is 10.2 Å². The zero-order chi connectivity index (χ0) is 15.5. The molecule has 0 unspecified atom stereocenters. The summed E-state index contributed by atoms with van der Waals surface area (Å²) in [6.07, 6.45) is 0.701. The van der Waals surface area contributed by atoms with Crippen molar-refractivity contribution in [3.8, 4) is 0 Å². The topological polar surface area (TPSA) is 61.6 Å². The van der Waals surface area contributed by atoms with E-state index in [0.717, 1.165) is 31.9 Å². The summed E-state index contributed by atoms with van der Waals surface area (Å²) in [7, 11) is 0. The monoisotopic (exact) mass is 294 g/mol. The van der Waals surface area contributed by atoms with Crippen molar-refractivity contribution in [3.05, 3.63) is 30.1 Å². The Bertz CT molecular complexity index is 485. The smallest absolute Gasteiger partial charge is 0.254 e. The SMILES string of the molecule is CC[C@](C)(C(=O)NN)N1CCN(c2ccc(F)cc2)CC1. The molecule has 0 spiro atoms. The predicted octanol–water partition coefficient (Wildman–Crippen LogP) is 1.11. The van der Waals surface area contributed by atoms with E-state index in [2.05, 4.69) is 15.2 Å². The predicted molar refractivity (Wildman–Crippen MR) is 81.2 cm³/mol. The van der Waals surface area contributed by atoms with Crippen molar-refractivity contribution in [2.45, 2.75) is 25.8 Å². The molecule has 0 aliphatic carbocycles. The number of carbonyl (C=O) groups is 1. The molecular weight excluding hydrogens is 271 g/mol. The first kappa shape index (κ1) is 15.7. The van der Waals surface area contributed by atoms with E-state index in [1.807, 2.05) is 13.8 Å². The minimum absolute atomic E-state index is 0.153. The minimum atomic E-state index is -0.580. The normalized spacial score (nSPS) is 19.1. The molecule has 116 valence electrons. The minimum Gasteiger partial charge on any atom is -0.369 e. The van der Waals surface area contributed by atoms with Crippen LogP contribution in [0.2, 0.25) is 0 Å². The van der Waals surface area contributed by atoms with Crippen molar-refractivity contribution < 1.29 is 9.18 Å². The highest BCUT2D eigenvalue weighted by Gasteiger charge is 2.38. The Morgan fingerprint density at radius 3 is 2.33 bits per heavy atom. The van der Waals surface area contributed by atoms with Crippen molar-refractivity contribution in [3.63, 3.8) is 0 Å².